The van der Waals surface area contributed by atoms with Crippen molar-refractivity contribution < 1.29 is 31.1 Å². The first kappa shape index (κ1) is 24.8. The second-order valence-corrected chi connectivity index (χ2v) is 10.6. The minimum absolute atomic E-state index is 0.0251. The number of nitrogens with zero attached hydrogens (tertiary/aromatic N) is 2. The highest BCUT2D eigenvalue weighted by atomic mass is 32.2. The lowest BCUT2D eigenvalue weighted by molar-refractivity contribution is -0.141. The van der Waals surface area contributed by atoms with E-state index in [2.05, 4.69) is 25.8 Å². The van der Waals surface area contributed by atoms with Crippen LogP contribution in [0.3, 0.4) is 0 Å². The minimum atomic E-state index is -4.81. The Hall–Kier alpha value is -2.83. The molecule has 0 aromatic carbocycles. The van der Waals surface area contributed by atoms with Crippen molar-refractivity contribution in [2.45, 2.75) is 63.1 Å². The number of aromatic nitrogens is 3. The topological polar surface area (TPSA) is 126 Å². The molecule has 1 aliphatic carbocycles. The third-order valence-electron chi connectivity index (χ3n) is 5.02. The first-order valence-electron chi connectivity index (χ1n) is 10.3. The number of nitrogens with one attached hydrogen (secondary N) is 3. The quantitative estimate of drug-likeness (QED) is 0.539. The number of hydrogen-bond acceptors (Lipinski definition) is 7. The van der Waals surface area contributed by atoms with Crippen molar-refractivity contribution in [3.8, 4) is 0 Å². The molecule has 0 spiro atoms. The van der Waals surface area contributed by atoms with Gasteiger partial charge < -0.3 is 15.4 Å². The van der Waals surface area contributed by atoms with Crippen molar-refractivity contribution in [1.82, 2.24) is 20.5 Å². The van der Waals surface area contributed by atoms with Crippen LogP contribution >= 0.6 is 0 Å². The second-order valence-electron chi connectivity index (χ2n) is 8.44. The van der Waals surface area contributed by atoms with Gasteiger partial charge in [0.2, 0.25) is 0 Å². The fourth-order valence-electron chi connectivity index (χ4n) is 3.69. The first-order chi connectivity index (χ1) is 15.3. The summed E-state index contributed by atoms with van der Waals surface area (Å²) in [4.78, 5) is 15.4. The number of alkyl halides is 3. The molecule has 3 N–H and O–H groups in total. The molecule has 0 aliphatic heterocycles. The Morgan fingerprint density at radius 2 is 2.00 bits per heavy atom. The van der Waals surface area contributed by atoms with E-state index in [1.165, 1.54) is 6.07 Å². The van der Waals surface area contributed by atoms with Crippen LogP contribution in [0.1, 0.15) is 56.0 Å². The van der Waals surface area contributed by atoms with E-state index in [1.807, 2.05) is 13.8 Å². The number of carbonyl (C=O) groups excluding carboxylic acids is 1. The van der Waals surface area contributed by atoms with Crippen LogP contribution in [-0.4, -0.2) is 48.1 Å². The summed E-state index contributed by atoms with van der Waals surface area (Å²) in [5.74, 6) is -0.554. The van der Waals surface area contributed by atoms with Gasteiger partial charge >= 0.3 is 12.3 Å². The normalized spacial score (nSPS) is 19.0. The van der Waals surface area contributed by atoms with Gasteiger partial charge in [0.1, 0.15) is 11.9 Å². The number of pyridine rings is 1. The van der Waals surface area contributed by atoms with Crippen molar-refractivity contribution in [2.24, 2.45) is 0 Å². The molecule has 1 fully saturated rings. The molecule has 0 unspecified atom stereocenters. The lowest BCUT2D eigenvalue weighted by atomic mass is 10.0. The molecule has 13 heteroatoms. The van der Waals surface area contributed by atoms with Crippen LogP contribution in [0.25, 0.3) is 0 Å². The summed E-state index contributed by atoms with van der Waals surface area (Å²) in [7, 11) is -3.67. The Morgan fingerprint density at radius 3 is 2.64 bits per heavy atom. The summed E-state index contributed by atoms with van der Waals surface area (Å²) >= 11 is 0. The summed E-state index contributed by atoms with van der Waals surface area (Å²) < 4.78 is 68.5. The number of sulfone groups is 1. The molecule has 0 saturated heterocycles. The van der Waals surface area contributed by atoms with Crippen molar-refractivity contribution in [3.63, 3.8) is 0 Å². The number of hydrogen-bond donors (Lipinski definition) is 3. The fourth-order valence-corrected chi connectivity index (χ4v) is 4.49. The second kappa shape index (κ2) is 9.57. The minimum Gasteiger partial charge on any atom is -0.446 e. The van der Waals surface area contributed by atoms with Gasteiger partial charge in [-0.15, -0.1) is 0 Å². The summed E-state index contributed by atoms with van der Waals surface area (Å²) in [5.41, 5.74) is -0.918. The summed E-state index contributed by atoms with van der Waals surface area (Å²) in [5, 5.41) is 12.3. The summed E-state index contributed by atoms with van der Waals surface area (Å²) in [6.45, 7) is 3.67. The average Bonchev–Trinajstić information content (AvgIpc) is 3.29. The van der Waals surface area contributed by atoms with E-state index in [1.54, 1.807) is 6.07 Å². The predicted molar refractivity (Wildman–Crippen MR) is 115 cm³/mol. The van der Waals surface area contributed by atoms with Gasteiger partial charge in [-0.05, 0) is 44.7 Å². The van der Waals surface area contributed by atoms with E-state index in [0.717, 1.165) is 24.4 Å². The van der Waals surface area contributed by atoms with Crippen LogP contribution < -0.4 is 10.6 Å². The summed E-state index contributed by atoms with van der Waals surface area (Å²) in [6.07, 6.45) is -2.59. The van der Waals surface area contributed by atoms with Crippen molar-refractivity contribution in [3.05, 3.63) is 35.2 Å². The number of carbonyl (C=O) groups is 1. The van der Waals surface area contributed by atoms with Gasteiger partial charge in [0.15, 0.2) is 21.3 Å². The lowest BCUT2D eigenvalue weighted by Crippen LogP contribution is -2.33. The molecule has 0 bridgehead atoms. The molecular formula is C20H26F3N5O4S. The smallest absolute Gasteiger partial charge is 0.433 e. The monoisotopic (exact) mass is 489 g/mol. The Labute approximate surface area is 189 Å². The number of ether oxygens (including phenoxy) is 1. The molecule has 1 saturated carbocycles. The largest absolute Gasteiger partial charge is 0.446 e. The van der Waals surface area contributed by atoms with Crippen molar-refractivity contribution >= 4 is 27.6 Å². The van der Waals surface area contributed by atoms with E-state index < -0.39 is 39.1 Å². The molecule has 1 amide bonds. The fraction of sp³-hybridized carbons (Fsp3) is 0.550. The average molecular weight is 490 g/mol. The predicted octanol–water partition coefficient (Wildman–Crippen LogP) is 3.88. The number of alkyl carbamates (subject to hydrolysis) is 1. The number of rotatable bonds is 7. The molecular weight excluding hydrogens is 463 g/mol. The van der Waals surface area contributed by atoms with E-state index in [-0.39, 0.29) is 29.7 Å². The van der Waals surface area contributed by atoms with Crippen molar-refractivity contribution in [1.29, 1.82) is 0 Å². The molecule has 9 nitrogen and oxygen atoms in total. The van der Waals surface area contributed by atoms with Gasteiger partial charge in [0.25, 0.3) is 0 Å². The summed E-state index contributed by atoms with van der Waals surface area (Å²) in [6, 6.07) is 4.01. The molecule has 1 aliphatic rings. The van der Waals surface area contributed by atoms with E-state index >= 15 is 0 Å². The highest BCUT2D eigenvalue weighted by molar-refractivity contribution is 7.89. The van der Waals surface area contributed by atoms with E-state index in [0.29, 0.717) is 12.8 Å². The maximum atomic E-state index is 13.4. The zero-order chi connectivity index (χ0) is 24.4. The van der Waals surface area contributed by atoms with Gasteiger partial charge in [-0.25, -0.2) is 18.2 Å². The zero-order valence-electron chi connectivity index (χ0n) is 18.4. The van der Waals surface area contributed by atoms with Crippen LogP contribution in [0.2, 0.25) is 0 Å². The van der Waals surface area contributed by atoms with Crippen LogP contribution in [-0.2, 0) is 26.5 Å². The number of amides is 1. The van der Waals surface area contributed by atoms with Gasteiger partial charge in [-0.3, -0.25) is 5.10 Å². The highest BCUT2D eigenvalue weighted by Gasteiger charge is 2.36. The Morgan fingerprint density at radius 1 is 1.27 bits per heavy atom. The van der Waals surface area contributed by atoms with E-state index in [9.17, 15) is 26.4 Å². The first-order valence-corrected chi connectivity index (χ1v) is 12.4. The van der Waals surface area contributed by atoms with Gasteiger partial charge in [0, 0.05) is 30.0 Å². The Kier molecular flexibility index (Phi) is 7.20. The van der Waals surface area contributed by atoms with Crippen LogP contribution in [0.4, 0.5) is 29.6 Å². The number of halogens is 3. The molecule has 0 radical (unpaired) electrons. The molecule has 182 valence electrons. The number of anilines is 2. The molecule has 2 heterocycles. The number of aromatic amines is 1. The van der Waals surface area contributed by atoms with Gasteiger partial charge in [-0.1, -0.05) is 6.07 Å². The molecule has 3 rings (SSSR count). The lowest BCUT2D eigenvalue weighted by Gasteiger charge is -2.14. The number of H-pyrrole nitrogens is 1. The van der Waals surface area contributed by atoms with Crippen LogP contribution in [0.5, 0.6) is 0 Å². The Balaban J connectivity index is 1.68. The van der Waals surface area contributed by atoms with Crippen LogP contribution in [0.15, 0.2) is 18.2 Å². The van der Waals surface area contributed by atoms with Crippen LogP contribution in [0, 0.1) is 0 Å². The third-order valence-corrected chi connectivity index (χ3v) is 5.86. The maximum absolute atomic E-state index is 13.4. The zero-order valence-corrected chi connectivity index (χ0v) is 19.2. The van der Waals surface area contributed by atoms with Gasteiger partial charge in [-0.2, -0.15) is 18.3 Å². The molecule has 2 aromatic rings. The van der Waals surface area contributed by atoms with E-state index in [4.69, 9.17) is 4.74 Å². The maximum Gasteiger partial charge on any atom is 0.433 e. The third kappa shape index (κ3) is 7.07. The molecule has 2 aromatic heterocycles. The highest BCUT2D eigenvalue weighted by Crippen LogP contribution is 2.36. The van der Waals surface area contributed by atoms with Crippen molar-refractivity contribution in [2.75, 3.05) is 11.6 Å². The van der Waals surface area contributed by atoms with Gasteiger partial charge in [0.05, 0.1) is 5.75 Å². The SMILES string of the molecule is CC(C)NC(=O)O[C@@H]1CC[C@H](c2cc(Nc3ccc(CS(C)(=O)=O)c(C(F)(F)F)n3)n[nH]2)C1. The standard InChI is InChI=1S/C20H26F3N5O4S/c1-11(2)24-19(29)32-14-6-4-12(8-14)15-9-17(28-27-15)25-16-7-5-13(10-33(3,30)31)18(26-16)20(21,22)23/h5,7,9,11-12,14H,4,6,8,10H2,1-3H3,(H,24,29)(H2,25,26,27,28)/t12-,14+/m0/s1. The Bertz CT molecular complexity index is 1100. The molecule has 2 atom stereocenters. The molecule has 33 heavy (non-hydrogen) atoms.